The van der Waals surface area contributed by atoms with E-state index in [1.807, 2.05) is 0 Å². The van der Waals surface area contributed by atoms with Crippen LogP contribution in [0.25, 0.3) is 0 Å². The highest BCUT2D eigenvalue weighted by Gasteiger charge is 2.60. The molecule has 0 saturated carbocycles. The summed E-state index contributed by atoms with van der Waals surface area (Å²) in [6, 6.07) is 0. The molecule has 1 aliphatic rings. The van der Waals surface area contributed by atoms with E-state index in [0.717, 1.165) is 0 Å². The highest BCUT2D eigenvalue weighted by molar-refractivity contribution is 6.40. The molecule has 0 bridgehead atoms. The number of nitrogens with zero attached hydrogens (tertiary/aromatic N) is 2. The van der Waals surface area contributed by atoms with E-state index >= 15 is 0 Å². The van der Waals surface area contributed by atoms with Gasteiger partial charge in [0, 0.05) is 25.2 Å². The zero-order valence-electron chi connectivity index (χ0n) is 13.3. The van der Waals surface area contributed by atoms with Gasteiger partial charge < -0.3 is 14.5 Å². The van der Waals surface area contributed by atoms with Gasteiger partial charge in [0.1, 0.15) is 0 Å². The van der Waals surface area contributed by atoms with Crippen LogP contribution >= 0.6 is 0 Å². The maximum Gasteiger partial charge on any atom is 0.434 e. The van der Waals surface area contributed by atoms with Crippen molar-refractivity contribution in [3.8, 4) is 0 Å². The van der Waals surface area contributed by atoms with E-state index in [1.165, 1.54) is 0 Å². The summed E-state index contributed by atoms with van der Waals surface area (Å²) in [7, 11) is 11.7. The first-order valence-corrected chi connectivity index (χ1v) is 6.91. The molecule has 12 heteroatoms. The third-order valence-corrected chi connectivity index (χ3v) is 3.42. The molecular formula is C12H16B2F6N2O2. The Morgan fingerprint density at radius 2 is 1.50 bits per heavy atom. The van der Waals surface area contributed by atoms with Gasteiger partial charge in [0.25, 0.3) is 6.10 Å². The summed E-state index contributed by atoms with van der Waals surface area (Å²) in [4.78, 5) is 13.9. The Kier molecular flexibility index (Phi) is 5.55. The molecule has 0 spiro atoms. The summed E-state index contributed by atoms with van der Waals surface area (Å²) in [6.45, 7) is 4.74. The molecule has 1 saturated heterocycles. The molecule has 0 N–H and O–H groups in total. The number of amides is 1. The average molecular weight is 356 g/mol. The molecule has 1 rings (SSSR count). The summed E-state index contributed by atoms with van der Waals surface area (Å²) in [5.74, 6) is 0. The fourth-order valence-corrected chi connectivity index (χ4v) is 2.51. The van der Waals surface area contributed by atoms with Crippen molar-refractivity contribution in [1.29, 1.82) is 0 Å². The van der Waals surface area contributed by atoms with E-state index in [-0.39, 0.29) is 13.1 Å². The number of carbonyl (C=O) groups is 1. The van der Waals surface area contributed by atoms with Gasteiger partial charge in [0.2, 0.25) is 0 Å². The topological polar surface area (TPSA) is 32.8 Å². The first-order valence-electron chi connectivity index (χ1n) is 6.91. The van der Waals surface area contributed by atoms with Crippen LogP contribution in [0.15, 0.2) is 0 Å². The van der Waals surface area contributed by atoms with E-state index in [4.69, 9.17) is 15.7 Å². The minimum Gasteiger partial charge on any atom is -0.426 e. The van der Waals surface area contributed by atoms with Gasteiger partial charge in [-0.25, -0.2) is 4.79 Å². The average Bonchev–Trinajstić information content (AvgIpc) is 2.29. The van der Waals surface area contributed by atoms with Gasteiger partial charge in [-0.1, -0.05) is 0 Å². The van der Waals surface area contributed by atoms with Gasteiger partial charge >= 0.3 is 18.4 Å². The lowest BCUT2D eigenvalue weighted by molar-refractivity contribution is -0.308. The normalized spacial score (nSPS) is 20.3. The van der Waals surface area contributed by atoms with Crippen LogP contribution in [0.4, 0.5) is 31.1 Å². The molecule has 0 aromatic rings. The zero-order valence-corrected chi connectivity index (χ0v) is 13.3. The molecule has 1 fully saturated rings. The summed E-state index contributed by atoms with van der Waals surface area (Å²) in [5, 5.41) is -1.62. The number of hydrogen-bond acceptors (Lipinski definition) is 3. The zero-order chi connectivity index (χ0) is 19.1. The van der Waals surface area contributed by atoms with Gasteiger partial charge in [-0.3, -0.25) is 0 Å². The van der Waals surface area contributed by atoms with Gasteiger partial charge in [0.05, 0.1) is 15.7 Å². The number of rotatable bonds is 1. The Morgan fingerprint density at radius 3 is 1.83 bits per heavy atom. The molecule has 1 heterocycles. The molecule has 0 unspecified atom stereocenters. The van der Waals surface area contributed by atoms with E-state index in [1.54, 1.807) is 25.7 Å². The summed E-state index contributed by atoms with van der Waals surface area (Å²) < 4.78 is 78.3. The van der Waals surface area contributed by atoms with E-state index in [0.29, 0.717) is 4.90 Å². The maximum absolute atomic E-state index is 12.4. The van der Waals surface area contributed by atoms with Crippen molar-refractivity contribution < 1.29 is 35.9 Å². The number of halogens is 6. The summed E-state index contributed by atoms with van der Waals surface area (Å²) in [6.07, 6.45) is -17.5. The van der Waals surface area contributed by atoms with Gasteiger partial charge in [-0.05, 0) is 26.1 Å². The second-order valence-corrected chi connectivity index (χ2v) is 6.58. The first kappa shape index (κ1) is 21.0. The molecule has 134 valence electrons. The number of carbonyl (C=O) groups excluding carboxylic acids is 1. The molecule has 0 aliphatic carbocycles. The van der Waals surface area contributed by atoms with Crippen LogP contribution in [0.1, 0.15) is 20.8 Å². The van der Waals surface area contributed by atoms with Gasteiger partial charge in [-0.2, -0.15) is 26.3 Å². The number of piperazine rings is 1. The molecule has 4 radical (unpaired) electrons. The minimum absolute atomic E-state index is 0.0638. The third kappa shape index (κ3) is 4.97. The minimum atomic E-state index is -5.77. The summed E-state index contributed by atoms with van der Waals surface area (Å²) in [5.41, 5.74) is -0.514. The lowest BCUT2D eigenvalue weighted by atomic mass is 9.58. The Morgan fingerprint density at radius 1 is 1.04 bits per heavy atom. The first-order chi connectivity index (χ1) is 10.5. The Labute approximate surface area is 138 Å². The molecule has 0 aromatic carbocycles. The quantitative estimate of drug-likeness (QED) is 0.533. The van der Waals surface area contributed by atoms with Crippen LogP contribution in [-0.4, -0.2) is 80.6 Å². The lowest BCUT2D eigenvalue weighted by Gasteiger charge is -2.53. The Bertz CT molecular complexity index is 462. The molecule has 0 aromatic heterocycles. The smallest absolute Gasteiger partial charge is 0.426 e. The van der Waals surface area contributed by atoms with Crippen molar-refractivity contribution in [2.24, 2.45) is 0 Å². The van der Waals surface area contributed by atoms with Crippen LogP contribution in [0.5, 0.6) is 0 Å². The molecular weight excluding hydrogens is 340 g/mol. The van der Waals surface area contributed by atoms with Crippen LogP contribution in [0.3, 0.4) is 0 Å². The molecule has 4 nitrogen and oxygen atoms in total. The largest absolute Gasteiger partial charge is 0.434 e. The van der Waals surface area contributed by atoms with E-state index in [2.05, 4.69) is 4.74 Å². The lowest BCUT2D eigenvalue weighted by Crippen LogP contribution is -2.69. The molecule has 1 aliphatic heterocycles. The standard InChI is InChI=1S/C12H16B2F6N2O2/c1-9(2,3)22-5-4-21(6-10(22,13)14)8(23)24-7(11(15,16)17)12(18,19)20/h7H,4-6H2,1-3H3. The number of alkyl halides is 6. The van der Waals surface area contributed by atoms with Crippen molar-refractivity contribution in [3.05, 3.63) is 0 Å². The fraction of sp³-hybridized carbons (Fsp3) is 0.917. The van der Waals surface area contributed by atoms with Gasteiger partial charge in [0.15, 0.2) is 0 Å². The van der Waals surface area contributed by atoms with Crippen molar-refractivity contribution in [3.63, 3.8) is 0 Å². The van der Waals surface area contributed by atoms with E-state index < -0.39 is 42.0 Å². The van der Waals surface area contributed by atoms with Crippen LogP contribution in [0.2, 0.25) is 0 Å². The number of hydrogen-bond donors (Lipinski definition) is 0. The Balaban J connectivity index is 2.87. The monoisotopic (exact) mass is 356 g/mol. The fourth-order valence-electron chi connectivity index (χ4n) is 2.51. The molecule has 0 atom stereocenters. The van der Waals surface area contributed by atoms with Crippen LogP contribution in [-0.2, 0) is 4.74 Å². The third-order valence-electron chi connectivity index (χ3n) is 3.42. The maximum atomic E-state index is 12.4. The SMILES string of the molecule is [B]C1([B])CN(C(=O)OC(C(F)(F)F)C(F)(F)F)CCN1C(C)(C)C. The van der Waals surface area contributed by atoms with Crippen LogP contribution in [0, 0.1) is 0 Å². The van der Waals surface area contributed by atoms with E-state index in [9.17, 15) is 31.1 Å². The second-order valence-electron chi connectivity index (χ2n) is 6.58. The second kappa shape index (κ2) is 6.34. The highest BCUT2D eigenvalue weighted by atomic mass is 19.4. The summed E-state index contributed by atoms with van der Waals surface area (Å²) >= 11 is 0. The molecule has 24 heavy (non-hydrogen) atoms. The van der Waals surface area contributed by atoms with Crippen molar-refractivity contribution in [2.75, 3.05) is 19.6 Å². The highest BCUT2D eigenvalue weighted by Crippen LogP contribution is 2.36. The molecule has 1 amide bonds. The Hall–Kier alpha value is -1.06. The predicted octanol–water partition coefficient (Wildman–Crippen LogP) is 2.02. The van der Waals surface area contributed by atoms with Crippen molar-refractivity contribution >= 4 is 21.8 Å². The van der Waals surface area contributed by atoms with Crippen molar-refractivity contribution in [2.45, 2.75) is 50.1 Å². The number of ether oxygens (including phenoxy) is 1. The van der Waals surface area contributed by atoms with Gasteiger partial charge in [-0.15, -0.1) is 0 Å². The predicted molar refractivity (Wildman–Crippen MR) is 74.7 cm³/mol. The van der Waals surface area contributed by atoms with Crippen molar-refractivity contribution in [1.82, 2.24) is 9.80 Å². The van der Waals surface area contributed by atoms with Crippen LogP contribution < -0.4 is 0 Å².